The second-order valence-electron chi connectivity index (χ2n) is 6.80. The van der Waals surface area contributed by atoms with Crippen molar-refractivity contribution < 1.29 is 4.79 Å². The normalized spacial score (nSPS) is 17.6. The van der Waals surface area contributed by atoms with Crippen molar-refractivity contribution in [2.75, 3.05) is 6.54 Å². The average molecular weight is 277 g/mol. The topological polar surface area (TPSA) is 57.8 Å². The van der Waals surface area contributed by atoms with Crippen LogP contribution in [0.25, 0.3) is 0 Å². The molecule has 0 bridgehead atoms. The summed E-state index contributed by atoms with van der Waals surface area (Å²) in [5, 5.41) is 10.1. The summed E-state index contributed by atoms with van der Waals surface area (Å²) in [6, 6.07) is 0. The lowest BCUT2D eigenvalue weighted by Gasteiger charge is -2.31. The number of carbonyl (C=O) groups is 1. The fourth-order valence-electron chi connectivity index (χ4n) is 3.69. The van der Waals surface area contributed by atoms with Gasteiger partial charge in [0.2, 0.25) is 0 Å². The number of nitrogens with zero attached hydrogens (tertiary/aromatic N) is 1. The Morgan fingerprint density at radius 2 is 2.00 bits per heavy atom. The maximum absolute atomic E-state index is 12.4. The summed E-state index contributed by atoms with van der Waals surface area (Å²) in [4.78, 5) is 12.4. The van der Waals surface area contributed by atoms with Crippen LogP contribution in [0.3, 0.4) is 0 Å². The van der Waals surface area contributed by atoms with Crippen LogP contribution in [0.5, 0.6) is 0 Å². The molecule has 4 heteroatoms. The van der Waals surface area contributed by atoms with E-state index in [0.717, 1.165) is 17.9 Å². The Labute approximate surface area is 121 Å². The molecule has 1 saturated carbocycles. The van der Waals surface area contributed by atoms with Gasteiger partial charge in [0, 0.05) is 12.2 Å². The van der Waals surface area contributed by atoms with Crippen LogP contribution in [0.2, 0.25) is 0 Å². The molecule has 1 aromatic heterocycles. The summed E-state index contributed by atoms with van der Waals surface area (Å²) < 4.78 is 0. The fraction of sp³-hybridized carbons (Fsp3) is 0.750. The Morgan fingerprint density at radius 1 is 1.35 bits per heavy atom. The van der Waals surface area contributed by atoms with Gasteiger partial charge in [-0.15, -0.1) is 0 Å². The Bertz CT molecular complexity index is 451. The van der Waals surface area contributed by atoms with Crippen LogP contribution in [-0.2, 0) is 0 Å². The standard InChI is InChI=1S/C16H27N3O/c1-11(2)9-16(7-5-6-8-16)10-17-15(20)14-12(3)18-19-13(14)4/h11H,5-10H2,1-4H3,(H,17,20)(H,18,19). The molecule has 2 N–H and O–H groups in total. The highest BCUT2D eigenvalue weighted by molar-refractivity contribution is 5.96. The van der Waals surface area contributed by atoms with E-state index in [1.165, 1.54) is 32.1 Å². The first-order valence-corrected chi connectivity index (χ1v) is 7.73. The first-order chi connectivity index (χ1) is 9.43. The molecule has 0 atom stereocenters. The molecular weight excluding hydrogens is 250 g/mol. The van der Waals surface area contributed by atoms with E-state index in [1.54, 1.807) is 0 Å². The smallest absolute Gasteiger partial charge is 0.255 e. The summed E-state index contributed by atoms with van der Waals surface area (Å²) in [5.74, 6) is 0.700. The third-order valence-corrected chi connectivity index (χ3v) is 4.48. The number of aromatic amines is 1. The van der Waals surface area contributed by atoms with Crippen molar-refractivity contribution in [2.45, 2.75) is 59.8 Å². The molecular formula is C16H27N3O. The van der Waals surface area contributed by atoms with Crippen LogP contribution in [0.15, 0.2) is 0 Å². The van der Waals surface area contributed by atoms with Gasteiger partial charge in [-0.05, 0) is 44.4 Å². The lowest BCUT2D eigenvalue weighted by atomic mass is 9.78. The number of hydrogen-bond acceptors (Lipinski definition) is 2. The second kappa shape index (κ2) is 5.98. The van der Waals surface area contributed by atoms with Crippen molar-refractivity contribution in [3.63, 3.8) is 0 Å². The second-order valence-corrected chi connectivity index (χ2v) is 6.80. The van der Waals surface area contributed by atoms with Crippen LogP contribution in [0.1, 0.15) is 67.7 Å². The number of rotatable bonds is 5. The van der Waals surface area contributed by atoms with Crippen LogP contribution in [0, 0.1) is 25.2 Å². The van der Waals surface area contributed by atoms with Crippen LogP contribution in [-0.4, -0.2) is 22.6 Å². The zero-order chi connectivity index (χ0) is 14.8. The Hall–Kier alpha value is -1.32. The van der Waals surface area contributed by atoms with E-state index < -0.39 is 0 Å². The minimum Gasteiger partial charge on any atom is -0.351 e. The molecule has 4 nitrogen and oxygen atoms in total. The van der Waals surface area contributed by atoms with Crippen molar-refractivity contribution in [1.29, 1.82) is 0 Å². The number of nitrogens with one attached hydrogen (secondary N) is 2. The molecule has 20 heavy (non-hydrogen) atoms. The lowest BCUT2D eigenvalue weighted by Crippen LogP contribution is -2.37. The number of H-pyrrole nitrogens is 1. The highest BCUT2D eigenvalue weighted by Gasteiger charge is 2.34. The Balaban J connectivity index is 2.01. The summed E-state index contributed by atoms with van der Waals surface area (Å²) in [6.45, 7) is 9.11. The molecule has 1 aliphatic carbocycles. The third-order valence-electron chi connectivity index (χ3n) is 4.48. The molecule has 0 radical (unpaired) electrons. The molecule has 0 unspecified atom stereocenters. The maximum atomic E-state index is 12.4. The summed E-state index contributed by atoms with van der Waals surface area (Å²) in [5.41, 5.74) is 2.66. The molecule has 0 aliphatic heterocycles. The maximum Gasteiger partial charge on any atom is 0.255 e. The zero-order valence-corrected chi connectivity index (χ0v) is 13.2. The highest BCUT2D eigenvalue weighted by atomic mass is 16.1. The highest BCUT2D eigenvalue weighted by Crippen LogP contribution is 2.42. The fourth-order valence-corrected chi connectivity index (χ4v) is 3.69. The van der Waals surface area contributed by atoms with Crippen molar-refractivity contribution in [3.8, 4) is 0 Å². The number of amides is 1. The lowest BCUT2D eigenvalue weighted by molar-refractivity contribution is 0.0920. The summed E-state index contributed by atoms with van der Waals surface area (Å²) >= 11 is 0. The Morgan fingerprint density at radius 3 is 2.50 bits per heavy atom. The van der Waals surface area contributed by atoms with E-state index in [9.17, 15) is 4.79 Å². The van der Waals surface area contributed by atoms with Gasteiger partial charge >= 0.3 is 0 Å². The van der Waals surface area contributed by atoms with Crippen LogP contribution < -0.4 is 5.32 Å². The van der Waals surface area contributed by atoms with Gasteiger partial charge in [-0.25, -0.2) is 0 Å². The third kappa shape index (κ3) is 3.22. The van der Waals surface area contributed by atoms with Gasteiger partial charge in [0.15, 0.2) is 0 Å². The number of aryl methyl sites for hydroxylation is 2. The molecule has 0 spiro atoms. The predicted octanol–water partition coefficient (Wildman–Crippen LogP) is 3.36. The molecule has 0 saturated heterocycles. The summed E-state index contributed by atoms with van der Waals surface area (Å²) in [6.07, 6.45) is 6.29. The van der Waals surface area contributed by atoms with Crippen molar-refractivity contribution in [1.82, 2.24) is 15.5 Å². The first kappa shape index (κ1) is 15.1. The van der Waals surface area contributed by atoms with Crippen LogP contribution in [0.4, 0.5) is 0 Å². The van der Waals surface area contributed by atoms with Gasteiger partial charge < -0.3 is 5.32 Å². The Kier molecular flexibility index (Phi) is 4.51. The largest absolute Gasteiger partial charge is 0.351 e. The summed E-state index contributed by atoms with van der Waals surface area (Å²) in [7, 11) is 0. The van der Waals surface area contributed by atoms with Gasteiger partial charge in [0.1, 0.15) is 0 Å². The van der Waals surface area contributed by atoms with Crippen molar-refractivity contribution >= 4 is 5.91 Å². The average Bonchev–Trinajstić information content (AvgIpc) is 2.94. The molecule has 112 valence electrons. The van der Waals surface area contributed by atoms with E-state index in [1.807, 2.05) is 13.8 Å². The van der Waals surface area contributed by atoms with E-state index in [2.05, 4.69) is 29.4 Å². The van der Waals surface area contributed by atoms with Gasteiger partial charge in [0.05, 0.1) is 11.3 Å². The number of carbonyl (C=O) groups excluding carboxylic acids is 1. The van der Waals surface area contributed by atoms with Gasteiger partial charge in [0.25, 0.3) is 5.91 Å². The van der Waals surface area contributed by atoms with E-state index >= 15 is 0 Å². The SMILES string of the molecule is Cc1n[nH]c(C)c1C(=O)NCC1(CC(C)C)CCCC1. The molecule has 2 rings (SSSR count). The van der Waals surface area contributed by atoms with E-state index in [-0.39, 0.29) is 5.91 Å². The minimum atomic E-state index is 0.0174. The van der Waals surface area contributed by atoms with Gasteiger partial charge in [-0.3, -0.25) is 9.89 Å². The van der Waals surface area contributed by atoms with Crippen molar-refractivity contribution in [2.24, 2.45) is 11.3 Å². The first-order valence-electron chi connectivity index (χ1n) is 7.73. The molecule has 1 aromatic rings. The number of aromatic nitrogens is 2. The van der Waals surface area contributed by atoms with Crippen LogP contribution >= 0.6 is 0 Å². The molecule has 0 aromatic carbocycles. The molecule has 1 heterocycles. The number of hydrogen-bond donors (Lipinski definition) is 2. The quantitative estimate of drug-likeness (QED) is 0.867. The van der Waals surface area contributed by atoms with E-state index in [4.69, 9.17) is 0 Å². The van der Waals surface area contributed by atoms with E-state index in [0.29, 0.717) is 16.9 Å². The zero-order valence-electron chi connectivity index (χ0n) is 13.2. The minimum absolute atomic E-state index is 0.0174. The molecule has 1 fully saturated rings. The molecule has 1 amide bonds. The van der Waals surface area contributed by atoms with Gasteiger partial charge in [-0.1, -0.05) is 26.7 Å². The molecule has 1 aliphatic rings. The van der Waals surface area contributed by atoms with Crippen molar-refractivity contribution in [3.05, 3.63) is 17.0 Å². The monoisotopic (exact) mass is 277 g/mol. The predicted molar refractivity (Wildman–Crippen MR) is 80.8 cm³/mol. The van der Waals surface area contributed by atoms with Gasteiger partial charge in [-0.2, -0.15) is 5.10 Å².